The van der Waals surface area contributed by atoms with Crippen LogP contribution in [0.3, 0.4) is 0 Å². The van der Waals surface area contributed by atoms with E-state index in [1.165, 1.54) is 13.1 Å². The number of piperidine rings is 1. The summed E-state index contributed by atoms with van der Waals surface area (Å²) in [5.74, 6) is 4.12. The highest BCUT2D eigenvalue weighted by molar-refractivity contribution is 5.06. The Labute approximate surface area is 76.1 Å². The van der Waals surface area contributed by atoms with Crippen molar-refractivity contribution < 1.29 is 0 Å². The van der Waals surface area contributed by atoms with Gasteiger partial charge in [-0.05, 0) is 37.5 Å². The third-order valence-electron chi connectivity index (χ3n) is 3.79. The summed E-state index contributed by atoms with van der Waals surface area (Å²) in [6.45, 7) is 12.1. The van der Waals surface area contributed by atoms with Crippen LogP contribution >= 0.6 is 0 Å². The molecule has 0 aromatic heterocycles. The van der Waals surface area contributed by atoms with E-state index >= 15 is 0 Å². The van der Waals surface area contributed by atoms with Gasteiger partial charge >= 0.3 is 0 Å². The van der Waals surface area contributed by atoms with E-state index in [9.17, 15) is 0 Å². The summed E-state index contributed by atoms with van der Waals surface area (Å²) in [6.07, 6.45) is 0. The minimum absolute atomic E-state index is 0.769. The lowest BCUT2D eigenvalue weighted by Crippen LogP contribution is -2.31. The summed E-state index contributed by atoms with van der Waals surface area (Å²) in [4.78, 5) is 2.63. The maximum absolute atomic E-state index is 2.63. The first kappa shape index (κ1) is 8.55. The van der Waals surface area contributed by atoms with E-state index in [4.69, 9.17) is 0 Å². The molecule has 0 amide bonds. The fourth-order valence-electron chi connectivity index (χ4n) is 3.02. The molecule has 2 aliphatic rings. The van der Waals surface area contributed by atoms with Gasteiger partial charge in [-0.25, -0.2) is 0 Å². The van der Waals surface area contributed by atoms with E-state index in [1.54, 1.807) is 0 Å². The first-order valence-electron chi connectivity index (χ1n) is 5.35. The van der Waals surface area contributed by atoms with Crippen LogP contribution in [-0.2, 0) is 0 Å². The summed E-state index contributed by atoms with van der Waals surface area (Å²) in [5, 5.41) is 0. The Morgan fingerprint density at radius 2 is 1.50 bits per heavy atom. The smallest absolute Gasteiger partial charge is 0.00388 e. The molecule has 1 saturated heterocycles. The number of hydrogen-bond acceptors (Lipinski definition) is 1. The fourth-order valence-corrected chi connectivity index (χ4v) is 3.02. The third-order valence-corrected chi connectivity index (χ3v) is 3.79. The molecule has 0 unspecified atom stereocenters. The topological polar surface area (TPSA) is 3.24 Å². The Morgan fingerprint density at radius 1 is 1.00 bits per heavy atom. The number of fused-ring (bicyclic) bond motifs is 1. The summed E-state index contributed by atoms with van der Waals surface area (Å²) >= 11 is 0. The molecule has 1 saturated carbocycles. The number of hydrogen-bond donors (Lipinski definition) is 0. The molecule has 12 heavy (non-hydrogen) atoms. The van der Waals surface area contributed by atoms with Crippen LogP contribution in [0.1, 0.15) is 27.7 Å². The van der Waals surface area contributed by atoms with Crippen molar-refractivity contribution in [2.45, 2.75) is 33.7 Å². The number of rotatable bonds is 2. The summed E-state index contributed by atoms with van der Waals surface area (Å²) in [5.41, 5.74) is 0. The van der Waals surface area contributed by atoms with Crippen molar-refractivity contribution in [3.63, 3.8) is 0 Å². The SMILES string of the molecule is CC(C)[C@H]1[C@@H]2CN(C(C)C)C[C@@H]21. The highest BCUT2D eigenvalue weighted by atomic mass is 15.2. The summed E-state index contributed by atoms with van der Waals surface area (Å²) in [7, 11) is 0. The minimum Gasteiger partial charge on any atom is -0.300 e. The predicted molar refractivity (Wildman–Crippen MR) is 52.0 cm³/mol. The van der Waals surface area contributed by atoms with Crippen molar-refractivity contribution >= 4 is 0 Å². The summed E-state index contributed by atoms with van der Waals surface area (Å²) in [6, 6.07) is 0.769. The van der Waals surface area contributed by atoms with Crippen LogP contribution in [0.15, 0.2) is 0 Å². The van der Waals surface area contributed by atoms with Crippen molar-refractivity contribution in [3.05, 3.63) is 0 Å². The van der Waals surface area contributed by atoms with Gasteiger partial charge in [0, 0.05) is 19.1 Å². The molecule has 3 atom stereocenters. The highest BCUT2D eigenvalue weighted by Gasteiger charge is 2.56. The summed E-state index contributed by atoms with van der Waals surface area (Å²) < 4.78 is 0. The van der Waals surface area contributed by atoms with Gasteiger partial charge in [-0.3, -0.25) is 0 Å². The van der Waals surface area contributed by atoms with Gasteiger partial charge in [-0.2, -0.15) is 0 Å². The maximum atomic E-state index is 2.63. The van der Waals surface area contributed by atoms with Crippen molar-refractivity contribution in [1.82, 2.24) is 4.90 Å². The molecule has 1 nitrogen and oxygen atoms in total. The van der Waals surface area contributed by atoms with Crippen LogP contribution in [0.4, 0.5) is 0 Å². The van der Waals surface area contributed by atoms with E-state index in [-0.39, 0.29) is 0 Å². The quantitative estimate of drug-likeness (QED) is 0.609. The molecule has 2 rings (SSSR count). The number of nitrogens with zero attached hydrogens (tertiary/aromatic N) is 1. The van der Waals surface area contributed by atoms with Gasteiger partial charge in [0.2, 0.25) is 0 Å². The average molecular weight is 167 g/mol. The van der Waals surface area contributed by atoms with Crippen molar-refractivity contribution in [2.75, 3.05) is 13.1 Å². The van der Waals surface area contributed by atoms with E-state index in [2.05, 4.69) is 32.6 Å². The van der Waals surface area contributed by atoms with Gasteiger partial charge in [0.15, 0.2) is 0 Å². The Bertz CT molecular complexity index is 156. The van der Waals surface area contributed by atoms with Crippen LogP contribution in [0.5, 0.6) is 0 Å². The maximum Gasteiger partial charge on any atom is 0.00388 e. The highest BCUT2D eigenvalue weighted by Crippen LogP contribution is 2.55. The molecule has 1 aliphatic carbocycles. The Balaban J connectivity index is 1.86. The standard InChI is InChI=1S/C11H21N/c1-7(2)11-9-5-12(8(3)4)6-10(9)11/h7-11H,5-6H2,1-4H3/t9-,10+,11+. The Hall–Kier alpha value is -0.0400. The second kappa shape index (κ2) is 2.73. The monoisotopic (exact) mass is 167 g/mol. The number of likely N-dealkylation sites (tertiary alicyclic amines) is 1. The molecular formula is C11H21N. The van der Waals surface area contributed by atoms with Crippen LogP contribution in [0.25, 0.3) is 0 Å². The average Bonchev–Trinajstić information content (AvgIpc) is 2.48. The van der Waals surface area contributed by atoms with Crippen LogP contribution in [0, 0.1) is 23.7 Å². The first-order chi connectivity index (χ1) is 5.61. The zero-order valence-electron chi connectivity index (χ0n) is 8.75. The van der Waals surface area contributed by atoms with Gasteiger partial charge in [-0.1, -0.05) is 13.8 Å². The van der Waals surface area contributed by atoms with Crippen LogP contribution in [-0.4, -0.2) is 24.0 Å². The second-order valence-corrected chi connectivity index (χ2v) is 5.20. The van der Waals surface area contributed by atoms with Gasteiger partial charge in [0.1, 0.15) is 0 Å². The third kappa shape index (κ3) is 1.19. The van der Waals surface area contributed by atoms with Gasteiger partial charge in [-0.15, -0.1) is 0 Å². The Kier molecular flexibility index (Phi) is 1.95. The lowest BCUT2D eigenvalue weighted by Gasteiger charge is -2.24. The zero-order chi connectivity index (χ0) is 8.88. The van der Waals surface area contributed by atoms with E-state index < -0.39 is 0 Å². The minimum atomic E-state index is 0.769. The normalized spacial score (nSPS) is 41.0. The molecule has 1 heterocycles. The lowest BCUT2D eigenvalue weighted by atomic mass is 10.0. The van der Waals surface area contributed by atoms with Crippen molar-refractivity contribution in [2.24, 2.45) is 23.7 Å². The van der Waals surface area contributed by atoms with Gasteiger partial charge in [0.25, 0.3) is 0 Å². The predicted octanol–water partition coefficient (Wildman–Crippen LogP) is 2.23. The first-order valence-corrected chi connectivity index (χ1v) is 5.35. The molecule has 0 spiro atoms. The molecule has 0 bridgehead atoms. The van der Waals surface area contributed by atoms with Crippen molar-refractivity contribution in [1.29, 1.82) is 0 Å². The molecule has 1 heteroatoms. The molecule has 1 aliphatic heterocycles. The van der Waals surface area contributed by atoms with E-state index in [1.807, 2.05) is 0 Å². The molecule has 2 fully saturated rings. The van der Waals surface area contributed by atoms with E-state index in [0.717, 1.165) is 29.7 Å². The fraction of sp³-hybridized carbons (Fsp3) is 1.00. The lowest BCUT2D eigenvalue weighted by molar-refractivity contribution is 0.222. The molecular weight excluding hydrogens is 146 g/mol. The second-order valence-electron chi connectivity index (χ2n) is 5.20. The van der Waals surface area contributed by atoms with Crippen LogP contribution in [0.2, 0.25) is 0 Å². The Morgan fingerprint density at radius 3 is 1.83 bits per heavy atom. The molecule has 0 radical (unpaired) electrons. The molecule has 0 aromatic carbocycles. The zero-order valence-corrected chi connectivity index (χ0v) is 8.75. The van der Waals surface area contributed by atoms with Crippen LogP contribution < -0.4 is 0 Å². The van der Waals surface area contributed by atoms with Gasteiger partial charge in [0.05, 0.1) is 0 Å². The largest absolute Gasteiger partial charge is 0.300 e. The molecule has 70 valence electrons. The molecule has 0 aromatic rings. The van der Waals surface area contributed by atoms with Crippen molar-refractivity contribution in [3.8, 4) is 0 Å². The van der Waals surface area contributed by atoms with E-state index in [0.29, 0.717) is 0 Å². The molecule has 0 N–H and O–H groups in total. The van der Waals surface area contributed by atoms with Gasteiger partial charge < -0.3 is 4.90 Å².